The number of allylic oxidation sites excluding steroid dienone is 3. The van der Waals surface area contributed by atoms with Crippen LogP contribution in [0, 0.1) is 50.2 Å². The number of carboxylic acid groups (broad SMARTS) is 1. The normalized spacial score (nSPS) is 51.9. The average Bonchev–Trinajstić information content (AvgIpc) is 0.685. The van der Waals surface area contributed by atoms with Crippen molar-refractivity contribution < 1.29 is 124 Å². The second-order valence-corrected chi connectivity index (χ2v) is 27.9. The van der Waals surface area contributed by atoms with Gasteiger partial charge < -0.3 is 114 Å². The molecule has 4 aliphatic heterocycles. The van der Waals surface area contributed by atoms with Crippen LogP contribution in [0.15, 0.2) is 23.3 Å². The quantitative estimate of drug-likeness (QED) is 0.0430. The molecule has 84 heavy (non-hydrogen) atoms. The first-order valence-corrected chi connectivity index (χ1v) is 29.9. The Balaban J connectivity index is 1.04. The van der Waals surface area contributed by atoms with Crippen LogP contribution >= 0.6 is 0 Å². The number of aliphatic hydroxyl groups excluding tert-OH is 13. The van der Waals surface area contributed by atoms with Gasteiger partial charge in [0, 0.05) is 5.57 Å². The summed E-state index contributed by atoms with van der Waals surface area (Å²) in [5, 5.41) is 155. The van der Waals surface area contributed by atoms with Crippen molar-refractivity contribution in [3.8, 4) is 0 Å². The second kappa shape index (κ2) is 24.1. The SMILES string of the molecule is CC=C(C)C(=O)O[C@H]1CC(C)(C)C[C@H]2C3=CC[C@@H]4[C@@]5(C)CC[C@H](O[C@@H]6O[C@H](C(=O)O)[C@@H](O)[C@H](O[C@@H]7O[C@H](CO)[C@H](O)[C@H](O)[C@H]7O[C@@H]7O[C@@H](C)[C@H](O)[C@@H](O)[C@H]7O)[C@H]6O[C@@H]6O[C@H](CO)[C@H](O)[C@H](O)[C@H]6O)C(C)(C)[C@@H]5CC[C@@]4(C)[C@]3(C)C[C@@H](O)[C@@]12CO. The van der Waals surface area contributed by atoms with Crippen molar-refractivity contribution >= 4 is 11.9 Å². The van der Waals surface area contributed by atoms with E-state index in [0.29, 0.717) is 56.9 Å². The zero-order chi connectivity index (χ0) is 61.9. The molecule has 0 amide bonds. The van der Waals surface area contributed by atoms with E-state index in [1.807, 2.05) is 13.8 Å². The highest BCUT2D eigenvalue weighted by molar-refractivity contribution is 5.87. The predicted octanol–water partition coefficient (Wildman–Crippen LogP) is -0.983. The lowest BCUT2D eigenvalue weighted by atomic mass is 9.33. The average molecular weight is 1200 g/mol. The lowest BCUT2D eigenvalue weighted by Crippen LogP contribution is -2.70. The van der Waals surface area contributed by atoms with Gasteiger partial charge in [0.1, 0.15) is 91.6 Å². The smallest absolute Gasteiger partial charge is 0.335 e. The highest BCUT2D eigenvalue weighted by Gasteiger charge is 2.72. The van der Waals surface area contributed by atoms with Crippen LogP contribution in [0.5, 0.6) is 0 Å². The molecule has 0 radical (unpaired) electrons. The molecule has 8 fully saturated rings. The third-order valence-corrected chi connectivity index (χ3v) is 22.5. The molecule has 4 saturated heterocycles. The van der Waals surface area contributed by atoms with Gasteiger partial charge >= 0.3 is 11.9 Å². The van der Waals surface area contributed by atoms with Gasteiger partial charge in [-0.1, -0.05) is 66.2 Å². The van der Waals surface area contributed by atoms with E-state index in [1.165, 1.54) is 12.5 Å². The Bertz CT molecular complexity index is 2420. The molecule has 0 unspecified atom stereocenters. The van der Waals surface area contributed by atoms with Gasteiger partial charge in [0.05, 0.1) is 43.5 Å². The Morgan fingerprint density at radius 1 is 0.619 bits per heavy atom. The van der Waals surface area contributed by atoms with Crippen LogP contribution < -0.4 is 0 Å². The molecule has 0 bridgehead atoms. The number of esters is 1. The van der Waals surface area contributed by atoms with Gasteiger partial charge in [-0.3, -0.25) is 0 Å². The van der Waals surface area contributed by atoms with E-state index in [4.69, 9.17) is 42.6 Å². The first-order valence-electron chi connectivity index (χ1n) is 29.9. The summed E-state index contributed by atoms with van der Waals surface area (Å²) in [4.78, 5) is 26.7. The summed E-state index contributed by atoms with van der Waals surface area (Å²) in [6.07, 6.45) is -31.8. The van der Waals surface area contributed by atoms with E-state index in [1.54, 1.807) is 19.9 Å². The minimum absolute atomic E-state index is 0.0468. The standard InChI is InChI=1S/C59H94O25/c1-11-24(2)49(75)79-34-20-54(4,5)18-27-26-12-13-31-56(8)16-15-33(55(6,7)30(56)14-17-57(31,9)58(26,10)19-32(63)59(27,34)23-62)80-53-47(84-51-42(71)39(68)36(65)28(21-60)77-51)44(43(72)45(82-53)48(73)74)81-52-46(40(69)37(66)29(22-61)78-52)83-50-41(70)38(67)35(64)25(3)76-50/h11-12,25,27-47,50-53,60-72H,13-23H2,1-10H3,(H,73,74)/t25-,27-,28+,29+,30-,31+,32+,33-,34-,35-,36-,37-,38+,39-,40-,41+,42+,43-,44-,45-,46+,47+,50-,51-,52-,53+,56-,57+,58+,59-/m0/s1. The molecule has 25 heteroatoms. The third kappa shape index (κ3) is 10.8. The summed E-state index contributed by atoms with van der Waals surface area (Å²) in [6, 6.07) is 0. The summed E-state index contributed by atoms with van der Waals surface area (Å²) >= 11 is 0. The fourth-order valence-corrected chi connectivity index (χ4v) is 17.3. The molecule has 9 aliphatic rings. The maximum absolute atomic E-state index is 13.4. The Hall–Kier alpha value is -2.42. The first kappa shape index (κ1) is 66.0. The molecule has 0 aromatic heterocycles. The summed E-state index contributed by atoms with van der Waals surface area (Å²) in [6.45, 7) is 17.8. The number of fused-ring (bicyclic) bond motifs is 7. The molecule has 480 valence electrons. The number of aliphatic carboxylic acids is 1. The van der Waals surface area contributed by atoms with E-state index >= 15 is 0 Å². The van der Waals surface area contributed by atoms with Crippen LogP contribution in [-0.4, -0.2) is 244 Å². The number of hydrogen-bond donors (Lipinski definition) is 14. The Kier molecular flexibility index (Phi) is 18.9. The Morgan fingerprint density at radius 2 is 1.19 bits per heavy atom. The summed E-state index contributed by atoms with van der Waals surface area (Å²) in [7, 11) is 0. The molecule has 9 rings (SSSR count). The third-order valence-electron chi connectivity index (χ3n) is 22.5. The number of hydrogen-bond acceptors (Lipinski definition) is 24. The van der Waals surface area contributed by atoms with Crippen LogP contribution in [0.2, 0.25) is 0 Å². The van der Waals surface area contributed by atoms with Crippen molar-refractivity contribution in [2.75, 3.05) is 19.8 Å². The molecule has 5 aliphatic carbocycles. The van der Waals surface area contributed by atoms with Gasteiger partial charge in [-0.05, 0) is 117 Å². The van der Waals surface area contributed by atoms with Gasteiger partial charge in [-0.2, -0.15) is 0 Å². The van der Waals surface area contributed by atoms with Crippen LogP contribution in [0.25, 0.3) is 0 Å². The van der Waals surface area contributed by atoms with Crippen molar-refractivity contribution in [3.05, 3.63) is 23.3 Å². The van der Waals surface area contributed by atoms with Gasteiger partial charge in [-0.25, -0.2) is 9.59 Å². The zero-order valence-corrected chi connectivity index (χ0v) is 49.7. The van der Waals surface area contributed by atoms with Crippen molar-refractivity contribution in [1.82, 2.24) is 0 Å². The van der Waals surface area contributed by atoms with E-state index in [0.717, 1.165) is 0 Å². The maximum Gasteiger partial charge on any atom is 0.335 e. The molecule has 25 nitrogen and oxygen atoms in total. The molecule has 14 N–H and O–H groups in total. The first-order chi connectivity index (χ1) is 39.2. The number of carboxylic acids is 1. The number of ether oxygens (including phenoxy) is 9. The fourth-order valence-electron chi connectivity index (χ4n) is 17.3. The van der Waals surface area contributed by atoms with Crippen LogP contribution in [0.1, 0.15) is 121 Å². The fraction of sp³-hybridized carbons (Fsp3) is 0.898. The van der Waals surface area contributed by atoms with E-state index in [-0.39, 0.29) is 35.2 Å². The number of aliphatic hydroxyl groups is 13. The van der Waals surface area contributed by atoms with Crippen molar-refractivity contribution in [2.24, 2.45) is 50.2 Å². The van der Waals surface area contributed by atoms with Gasteiger partial charge in [0.15, 0.2) is 31.3 Å². The van der Waals surface area contributed by atoms with Gasteiger partial charge in [0.25, 0.3) is 0 Å². The monoisotopic (exact) mass is 1200 g/mol. The highest BCUT2D eigenvalue weighted by atomic mass is 16.8. The number of carbonyl (C=O) groups is 2. The van der Waals surface area contributed by atoms with Crippen molar-refractivity contribution in [1.29, 1.82) is 0 Å². The molecular formula is C59H94O25. The minimum Gasteiger partial charge on any atom is -0.479 e. The minimum atomic E-state index is -2.26. The molecule has 0 aromatic rings. The summed E-state index contributed by atoms with van der Waals surface area (Å²) in [5.74, 6) is -2.53. The topological polar surface area (TPSA) is 400 Å². The molecule has 30 atom stereocenters. The van der Waals surface area contributed by atoms with Gasteiger partial charge in [-0.15, -0.1) is 0 Å². The maximum atomic E-state index is 13.4. The lowest BCUT2D eigenvalue weighted by molar-refractivity contribution is -0.406. The van der Waals surface area contributed by atoms with E-state index in [2.05, 4.69) is 40.7 Å². The molecule has 4 heterocycles. The molecular weight excluding hydrogens is 1110 g/mol. The predicted molar refractivity (Wildman–Crippen MR) is 288 cm³/mol. The van der Waals surface area contributed by atoms with Gasteiger partial charge in [0.2, 0.25) is 0 Å². The summed E-state index contributed by atoms with van der Waals surface area (Å²) < 4.78 is 55.4. The van der Waals surface area contributed by atoms with E-state index in [9.17, 15) is 81.1 Å². The number of rotatable bonds is 14. The van der Waals surface area contributed by atoms with E-state index < -0.39 is 188 Å². The molecule has 0 spiro atoms. The molecule has 0 aromatic carbocycles. The van der Waals surface area contributed by atoms with Crippen LogP contribution in [0.3, 0.4) is 0 Å². The highest BCUT2D eigenvalue weighted by Crippen LogP contribution is 2.76. The lowest BCUT2D eigenvalue weighted by Gasteiger charge is -2.72. The molecule has 4 saturated carbocycles. The summed E-state index contributed by atoms with van der Waals surface area (Å²) in [5.41, 5.74) is -1.94. The van der Waals surface area contributed by atoms with Crippen LogP contribution in [0.4, 0.5) is 0 Å². The Morgan fingerprint density at radius 3 is 1.80 bits per heavy atom. The number of carbonyl (C=O) groups excluding carboxylic acids is 1. The van der Waals surface area contributed by atoms with Crippen LogP contribution in [-0.2, 0) is 52.2 Å². The Labute approximate surface area is 489 Å². The zero-order valence-electron chi connectivity index (χ0n) is 49.7. The second-order valence-electron chi connectivity index (χ2n) is 27.9. The largest absolute Gasteiger partial charge is 0.479 e. The van der Waals surface area contributed by atoms with Crippen molar-refractivity contribution in [3.63, 3.8) is 0 Å². The van der Waals surface area contributed by atoms with Crippen molar-refractivity contribution in [2.45, 2.75) is 262 Å².